The summed E-state index contributed by atoms with van der Waals surface area (Å²) in [6, 6.07) is 26.0. The number of para-hydroxylation sites is 2. The highest BCUT2D eigenvalue weighted by molar-refractivity contribution is 5.83. The first-order valence-electron chi connectivity index (χ1n) is 11.6. The standard InChI is InChI=1S/C28H32N2O3/c1-3-25(23-11-5-4-6-12-23)28(31)30-18-16-29(17-19-30)21-22-10-9-13-24(20-22)33-27-15-8-7-14-26(27)32-2/h4-15,20,25H,3,16-19,21H2,1-2H3. The number of hydrogen-bond acceptors (Lipinski definition) is 4. The van der Waals surface area contributed by atoms with Crippen LogP contribution in [0.2, 0.25) is 0 Å². The molecule has 5 heteroatoms. The number of nitrogens with zero attached hydrogens (tertiary/aromatic N) is 2. The van der Waals surface area contributed by atoms with Crippen LogP contribution in [0, 0.1) is 0 Å². The number of ether oxygens (including phenoxy) is 2. The Kier molecular flexibility index (Phi) is 7.63. The second-order valence-corrected chi connectivity index (χ2v) is 8.37. The van der Waals surface area contributed by atoms with Crippen LogP contribution in [0.4, 0.5) is 0 Å². The van der Waals surface area contributed by atoms with Crippen LogP contribution >= 0.6 is 0 Å². The molecule has 5 nitrogen and oxygen atoms in total. The Balaban J connectivity index is 1.34. The third-order valence-corrected chi connectivity index (χ3v) is 6.19. The van der Waals surface area contributed by atoms with Crippen LogP contribution in [0.1, 0.15) is 30.4 Å². The van der Waals surface area contributed by atoms with E-state index in [1.807, 2.05) is 59.5 Å². The number of piperazine rings is 1. The van der Waals surface area contributed by atoms with Gasteiger partial charge in [-0.2, -0.15) is 0 Å². The van der Waals surface area contributed by atoms with Crippen molar-refractivity contribution in [2.75, 3.05) is 33.3 Å². The molecule has 3 aromatic rings. The smallest absolute Gasteiger partial charge is 0.230 e. The minimum atomic E-state index is -0.0541. The van der Waals surface area contributed by atoms with E-state index in [9.17, 15) is 4.79 Å². The summed E-state index contributed by atoms with van der Waals surface area (Å²) in [6.45, 7) is 6.19. The van der Waals surface area contributed by atoms with Gasteiger partial charge < -0.3 is 14.4 Å². The lowest BCUT2D eigenvalue weighted by molar-refractivity contribution is -0.134. The van der Waals surface area contributed by atoms with Crippen LogP contribution in [0.5, 0.6) is 17.2 Å². The third-order valence-electron chi connectivity index (χ3n) is 6.19. The van der Waals surface area contributed by atoms with Crippen LogP contribution in [-0.4, -0.2) is 49.0 Å². The summed E-state index contributed by atoms with van der Waals surface area (Å²) < 4.78 is 11.4. The summed E-state index contributed by atoms with van der Waals surface area (Å²) in [5.74, 6) is 2.40. The first-order valence-corrected chi connectivity index (χ1v) is 11.6. The fourth-order valence-corrected chi connectivity index (χ4v) is 4.38. The van der Waals surface area contributed by atoms with Gasteiger partial charge in [-0.25, -0.2) is 0 Å². The number of amides is 1. The van der Waals surface area contributed by atoms with Crippen LogP contribution in [0.25, 0.3) is 0 Å². The highest BCUT2D eigenvalue weighted by Crippen LogP contribution is 2.31. The van der Waals surface area contributed by atoms with Crippen molar-refractivity contribution >= 4 is 5.91 Å². The summed E-state index contributed by atoms with van der Waals surface area (Å²) in [4.78, 5) is 17.6. The molecule has 4 rings (SSSR count). The first kappa shape index (κ1) is 22.9. The molecule has 0 radical (unpaired) electrons. The molecule has 0 bridgehead atoms. The zero-order chi connectivity index (χ0) is 23.0. The number of carbonyl (C=O) groups excluding carboxylic acids is 1. The average molecular weight is 445 g/mol. The van der Waals surface area contributed by atoms with Gasteiger partial charge in [0.25, 0.3) is 0 Å². The SMILES string of the molecule is CCC(C(=O)N1CCN(Cc2cccc(Oc3ccccc3OC)c2)CC1)c1ccccc1. The van der Waals surface area contributed by atoms with Crippen molar-refractivity contribution in [2.45, 2.75) is 25.8 Å². The van der Waals surface area contributed by atoms with Crippen LogP contribution in [-0.2, 0) is 11.3 Å². The molecule has 1 aliphatic rings. The summed E-state index contributed by atoms with van der Waals surface area (Å²) in [5, 5.41) is 0. The molecule has 1 amide bonds. The predicted octanol–water partition coefficient (Wildman–Crippen LogP) is 5.33. The lowest BCUT2D eigenvalue weighted by Gasteiger charge is -2.36. The minimum Gasteiger partial charge on any atom is -0.493 e. The van der Waals surface area contributed by atoms with Crippen molar-refractivity contribution < 1.29 is 14.3 Å². The summed E-state index contributed by atoms with van der Waals surface area (Å²) in [5.41, 5.74) is 2.30. The molecule has 3 aromatic carbocycles. The Morgan fingerprint density at radius 3 is 2.27 bits per heavy atom. The van der Waals surface area contributed by atoms with Crippen molar-refractivity contribution in [1.82, 2.24) is 9.80 Å². The van der Waals surface area contributed by atoms with Gasteiger partial charge in [0, 0.05) is 32.7 Å². The maximum absolute atomic E-state index is 13.1. The maximum Gasteiger partial charge on any atom is 0.230 e. The van der Waals surface area contributed by atoms with Crippen molar-refractivity contribution in [2.24, 2.45) is 0 Å². The maximum atomic E-state index is 13.1. The largest absolute Gasteiger partial charge is 0.493 e. The molecular formula is C28H32N2O3. The zero-order valence-electron chi connectivity index (χ0n) is 19.4. The van der Waals surface area contributed by atoms with Gasteiger partial charge in [0.05, 0.1) is 13.0 Å². The van der Waals surface area contributed by atoms with E-state index in [1.54, 1.807) is 7.11 Å². The van der Waals surface area contributed by atoms with Gasteiger partial charge in [-0.05, 0) is 41.8 Å². The number of methoxy groups -OCH3 is 1. The summed E-state index contributed by atoms with van der Waals surface area (Å²) in [6.07, 6.45) is 0.821. The molecule has 1 aliphatic heterocycles. The highest BCUT2D eigenvalue weighted by atomic mass is 16.5. The molecule has 0 aromatic heterocycles. The summed E-state index contributed by atoms with van der Waals surface area (Å²) >= 11 is 0. The van der Waals surface area contributed by atoms with Crippen LogP contribution < -0.4 is 9.47 Å². The lowest BCUT2D eigenvalue weighted by atomic mass is 9.95. The second kappa shape index (κ2) is 11.0. The molecule has 1 atom stereocenters. The first-order chi connectivity index (χ1) is 16.2. The van der Waals surface area contributed by atoms with Crippen LogP contribution in [0.15, 0.2) is 78.9 Å². The second-order valence-electron chi connectivity index (χ2n) is 8.37. The molecule has 172 valence electrons. The molecule has 1 fully saturated rings. The predicted molar refractivity (Wildman–Crippen MR) is 131 cm³/mol. The quantitative estimate of drug-likeness (QED) is 0.471. The van der Waals surface area contributed by atoms with E-state index in [4.69, 9.17) is 9.47 Å². The fourth-order valence-electron chi connectivity index (χ4n) is 4.38. The number of hydrogen-bond donors (Lipinski definition) is 0. The fraction of sp³-hybridized carbons (Fsp3) is 0.321. The number of rotatable bonds is 8. The van der Waals surface area contributed by atoms with Gasteiger partial charge in [-0.1, -0.05) is 61.5 Å². The van der Waals surface area contributed by atoms with Gasteiger partial charge in [0.15, 0.2) is 11.5 Å². The van der Waals surface area contributed by atoms with Crippen LogP contribution in [0.3, 0.4) is 0 Å². The zero-order valence-corrected chi connectivity index (χ0v) is 19.4. The minimum absolute atomic E-state index is 0.0541. The molecule has 1 heterocycles. The Bertz CT molecular complexity index is 1050. The normalized spacial score (nSPS) is 15.2. The molecular weight excluding hydrogens is 412 g/mol. The van der Waals surface area contributed by atoms with Crippen molar-refractivity contribution in [3.63, 3.8) is 0 Å². The summed E-state index contributed by atoms with van der Waals surface area (Å²) in [7, 11) is 1.64. The molecule has 1 saturated heterocycles. The molecule has 33 heavy (non-hydrogen) atoms. The van der Waals surface area contributed by atoms with E-state index in [-0.39, 0.29) is 11.8 Å². The highest BCUT2D eigenvalue weighted by Gasteiger charge is 2.27. The average Bonchev–Trinajstić information content (AvgIpc) is 2.86. The lowest BCUT2D eigenvalue weighted by Crippen LogP contribution is -2.49. The molecule has 0 spiro atoms. The van der Waals surface area contributed by atoms with E-state index in [0.717, 1.165) is 50.5 Å². The van der Waals surface area contributed by atoms with Gasteiger partial charge in [-0.3, -0.25) is 9.69 Å². The van der Waals surface area contributed by atoms with Crippen molar-refractivity contribution in [1.29, 1.82) is 0 Å². The van der Waals surface area contributed by atoms with Crippen molar-refractivity contribution in [3.05, 3.63) is 90.0 Å². The van der Waals surface area contributed by atoms with E-state index in [2.05, 4.69) is 36.1 Å². The Labute approximate surface area is 196 Å². The third kappa shape index (κ3) is 5.74. The molecule has 1 unspecified atom stereocenters. The number of benzene rings is 3. The number of carbonyl (C=O) groups is 1. The Hall–Kier alpha value is -3.31. The van der Waals surface area contributed by atoms with E-state index < -0.39 is 0 Å². The monoisotopic (exact) mass is 444 g/mol. The van der Waals surface area contributed by atoms with Gasteiger partial charge >= 0.3 is 0 Å². The Morgan fingerprint density at radius 1 is 0.879 bits per heavy atom. The van der Waals surface area contributed by atoms with Gasteiger partial charge in [0.1, 0.15) is 5.75 Å². The van der Waals surface area contributed by atoms with Crippen molar-refractivity contribution in [3.8, 4) is 17.2 Å². The Morgan fingerprint density at radius 2 is 1.58 bits per heavy atom. The van der Waals surface area contributed by atoms with Gasteiger partial charge in [0.2, 0.25) is 5.91 Å². The molecule has 0 aliphatic carbocycles. The van der Waals surface area contributed by atoms with E-state index in [0.29, 0.717) is 11.5 Å². The van der Waals surface area contributed by atoms with E-state index in [1.165, 1.54) is 5.56 Å². The molecule has 0 N–H and O–H groups in total. The topological polar surface area (TPSA) is 42.0 Å². The van der Waals surface area contributed by atoms with E-state index >= 15 is 0 Å². The van der Waals surface area contributed by atoms with Gasteiger partial charge in [-0.15, -0.1) is 0 Å². The molecule has 0 saturated carbocycles.